The molecule has 0 aliphatic heterocycles. The van der Waals surface area contributed by atoms with Gasteiger partial charge < -0.3 is 9.79 Å². The number of unbranched alkanes of at least 4 members (excludes halogenated alkanes) is 1. The van der Waals surface area contributed by atoms with Crippen molar-refractivity contribution in [3.63, 3.8) is 0 Å². The topological polar surface area (TPSA) is 112 Å². The van der Waals surface area contributed by atoms with E-state index in [0.29, 0.717) is 6.42 Å². The van der Waals surface area contributed by atoms with Crippen molar-refractivity contribution in [3.05, 3.63) is 23.3 Å². The first-order valence-electron chi connectivity index (χ1n) is 9.16. The van der Waals surface area contributed by atoms with Gasteiger partial charge in [0, 0.05) is 0 Å². The van der Waals surface area contributed by atoms with Gasteiger partial charge in [-0.3, -0.25) is 9.12 Å². The number of allylic oxidation sites excluding steroid dienone is 4. The smallest absolute Gasteiger partial charge is 0.323 e. The van der Waals surface area contributed by atoms with Gasteiger partial charge in [-0.1, -0.05) is 43.6 Å². The molecule has 8 heteroatoms. The number of hydrogen-bond acceptors (Lipinski definition) is 3. The van der Waals surface area contributed by atoms with Gasteiger partial charge in [0.2, 0.25) is 0 Å². The second kappa shape index (κ2) is 12.1. The van der Waals surface area contributed by atoms with Crippen LogP contribution in [0.15, 0.2) is 23.3 Å². The predicted octanol–water partition coefficient (Wildman–Crippen LogP) is 5.05. The molecule has 154 valence electrons. The molecule has 0 radical (unpaired) electrons. The largest absolute Gasteiger partial charge is 0.346 e. The van der Waals surface area contributed by atoms with E-state index in [9.17, 15) is 13.0 Å². The van der Waals surface area contributed by atoms with Crippen LogP contribution in [0.5, 0.6) is 0 Å². The Balaban J connectivity index is 4.24. The number of hydrogen-bond donors (Lipinski definition) is 3. The molecule has 0 aromatic rings. The highest BCUT2D eigenvalue weighted by atomic mass is 32.2. The number of rotatable bonds is 13. The highest BCUT2D eigenvalue weighted by Crippen LogP contribution is 2.46. The van der Waals surface area contributed by atoms with Crippen molar-refractivity contribution in [2.75, 3.05) is 0 Å². The van der Waals surface area contributed by atoms with Crippen molar-refractivity contribution in [3.8, 4) is 0 Å². The highest BCUT2D eigenvalue weighted by Gasteiger charge is 2.38. The van der Waals surface area contributed by atoms with Gasteiger partial charge in [-0.05, 0) is 64.7 Å². The lowest BCUT2D eigenvalue weighted by Crippen LogP contribution is -2.20. The van der Waals surface area contributed by atoms with Crippen LogP contribution >= 0.6 is 7.60 Å². The molecule has 0 saturated carbocycles. The standard InChI is InChI=1S/C18H35O6PS/c1-15(2)9-7-11-17(4)13-8-12-16(3)10-5-6-14-18(25(19,20)21)26(22,23)24/h10,13,15,18H,5-9,11-12,14H2,1-4H3,(H2,19,20,21)(H,22,23,24)/b16-10+,17-13+. The Labute approximate surface area is 158 Å². The summed E-state index contributed by atoms with van der Waals surface area (Å²) >= 11 is 0. The van der Waals surface area contributed by atoms with Crippen molar-refractivity contribution in [1.29, 1.82) is 0 Å². The average Bonchev–Trinajstić information content (AvgIpc) is 2.43. The van der Waals surface area contributed by atoms with Crippen LogP contribution in [0.25, 0.3) is 0 Å². The van der Waals surface area contributed by atoms with Crippen LogP contribution in [-0.2, 0) is 14.7 Å². The first-order chi connectivity index (χ1) is 11.8. The predicted molar refractivity (Wildman–Crippen MR) is 107 cm³/mol. The lowest BCUT2D eigenvalue weighted by Gasteiger charge is -2.14. The molecule has 1 atom stereocenters. The SMILES string of the molecule is C/C(=C\CCCC(P(=O)(O)O)S(=O)(=O)O)CC/C=C(\C)CCCC(C)C. The Hall–Kier alpha value is -0.460. The van der Waals surface area contributed by atoms with E-state index in [-0.39, 0.29) is 12.8 Å². The summed E-state index contributed by atoms with van der Waals surface area (Å²) in [6.45, 7) is 8.60. The van der Waals surface area contributed by atoms with Crippen molar-refractivity contribution in [2.24, 2.45) is 5.92 Å². The maximum Gasteiger partial charge on any atom is 0.346 e. The molecular weight excluding hydrogens is 375 g/mol. The molecule has 0 amide bonds. The minimum Gasteiger partial charge on any atom is -0.323 e. The van der Waals surface area contributed by atoms with Gasteiger partial charge in [0.25, 0.3) is 10.1 Å². The summed E-state index contributed by atoms with van der Waals surface area (Å²) in [5, 5.41) is 0. The van der Waals surface area contributed by atoms with Crippen LogP contribution in [0.3, 0.4) is 0 Å². The summed E-state index contributed by atoms with van der Waals surface area (Å²) in [5.41, 5.74) is 2.56. The van der Waals surface area contributed by atoms with Crippen molar-refractivity contribution < 1.29 is 27.3 Å². The van der Waals surface area contributed by atoms with E-state index in [1.807, 2.05) is 13.0 Å². The zero-order chi connectivity index (χ0) is 20.4. The summed E-state index contributed by atoms with van der Waals surface area (Å²) in [6.07, 6.45) is 10.2. The van der Waals surface area contributed by atoms with Gasteiger partial charge in [0.1, 0.15) is 0 Å². The lowest BCUT2D eigenvalue weighted by atomic mass is 10.0. The molecule has 0 spiro atoms. The molecule has 1 unspecified atom stereocenters. The Morgan fingerprint density at radius 1 is 0.962 bits per heavy atom. The van der Waals surface area contributed by atoms with E-state index in [4.69, 9.17) is 14.3 Å². The Kier molecular flexibility index (Phi) is 11.9. The molecule has 0 heterocycles. The molecule has 3 N–H and O–H groups in total. The molecule has 0 bridgehead atoms. The summed E-state index contributed by atoms with van der Waals surface area (Å²) in [4.78, 5) is 16.0. The highest BCUT2D eigenvalue weighted by molar-refractivity contribution is 7.93. The molecule has 0 aliphatic carbocycles. The molecule has 0 aromatic carbocycles. The molecular formula is C18H35O6PS. The van der Waals surface area contributed by atoms with E-state index in [1.54, 1.807) is 0 Å². The third kappa shape index (κ3) is 12.8. The van der Waals surface area contributed by atoms with Crippen LogP contribution < -0.4 is 0 Å². The monoisotopic (exact) mass is 410 g/mol. The lowest BCUT2D eigenvalue weighted by molar-refractivity contribution is 0.360. The zero-order valence-electron chi connectivity index (χ0n) is 16.4. The van der Waals surface area contributed by atoms with Crippen LogP contribution in [-0.4, -0.2) is 27.7 Å². The Bertz CT molecular complexity index is 616. The van der Waals surface area contributed by atoms with Gasteiger partial charge >= 0.3 is 7.60 Å². The summed E-state index contributed by atoms with van der Waals surface area (Å²) < 4.78 is 42.2. The molecule has 0 fully saturated rings. The van der Waals surface area contributed by atoms with Crippen LogP contribution in [0, 0.1) is 5.92 Å². The Morgan fingerprint density at radius 3 is 2.00 bits per heavy atom. The fraction of sp³-hybridized carbons (Fsp3) is 0.778. The maximum absolute atomic E-state index is 11.2. The van der Waals surface area contributed by atoms with E-state index in [1.165, 1.54) is 18.4 Å². The van der Waals surface area contributed by atoms with Crippen molar-refractivity contribution in [1.82, 2.24) is 0 Å². The van der Waals surface area contributed by atoms with Gasteiger partial charge in [0.05, 0.1) is 0 Å². The van der Waals surface area contributed by atoms with Crippen molar-refractivity contribution in [2.45, 2.75) is 84.1 Å². The minimum absolute atomic E-state index is 0.262. The Morgan fingerprint density at radius 2 is 1.50 bits per heavy atom. The van der Waals surface area contributed by atoms with Gasteiger partial charge in [-0.15, -0.1) is 0 Å². The van der Waals surface area contributed by atoms with Crippen molar-refractivity contribution >= 4 is 17.7 Å². The summed E-state index contributed by atoms with van der Waals surface area (Å²) in [5.74, 6) is 0.735. The van der Waals surface area contributed by atoms with E-state index < -0.39 is 22.7 Å². The molecule has 0 aromatic heterocycles. The van der Waals surface area contributed by atoms with E-state index in [2.05, 4.69) is 26.8 Å². The third-order valence-corrected chi connectivity index (χ3v) is 7.81. The molecule has 0 saturated heterocycles. The third-order valence-electron chi connectivity index (χ3n) is 4.25. The second-order valence-corrected chi connectivity index (χ2v) is 11.2. The average molecular weight is 411 g/mol. The van der Waals surface area contributed by atoms with E-state index >= 15 is 0 Å². The summed E-state index contributed by atoms with van der Waals surface area (Å²) in [7, 11) is -9.62. The van der Waals surface area contributed by atoms with Crippen LogP contribution in [0.4, 0.5) is 0 Å². The fourth-order valence-electron chi connectivity index (χ4n) is 2.67. The minimum atomic E-state index is -4.87. The summed E-state index contributed by atoms with van der Waals surface area (Å²) in [6, 6.07) is 0. The van der Waals surface area contributed by atoms with E-state index in [0.717, 1.165) is 30.8 Å². The van der Waals surface area contributed by atoms with Gasteiger partial charge in [0.15, 0.2) is 4.99 Å². The zero-order valence-corrected chi connectivity index (χ0v) is 18.1. The fourth-order valence-corrected chi connectivity index (χ4v) is 5.04. The first kappa shape index (κ1) is 25.5. The molecule has 26 heavy (non-hydrogen) atoms. The molecule has 0 aliphatic rings. The first-order valence-corrected chi connectivity index (χ1v) is 12.3. The van der Waals surface area contributed by atoms with Gasteiger partial charge in [-0.25, -0.2) is 0 Å². The van der Waals surface area contributed by atoms with Gasteiger partial charge in [-0.2, -0.15) is 8.42 Å². The van der Waals surface area contributed by atoms with Crippen LogP contribution in [0.2, 0.25) is 0 Å². The molecule has 0 rings (SSSR count). The quantitative estimate of drug-likeness (QED) is 0.170. The second-order valence-electron chi connectivity index (χ2n) is 7.42. The maximum atomic E-state index is 11.2. The molecule has 6 nitrogen and oxygen atoms in total. The normalized spacial score (nSPS) is 15.5. The van der Waals surface area contributed by atoms with Crippen LogP contribution in [0.1, 0.15) is 79.1 Å².